The highest BCUT2D eigenvalue weighted by Crippen LogP contribution is 2.27. The van der Waals surface area contributed by atoms with Crippen LogP contribution in [-0.4, -0.2) is 17.2 Å². The molecule has 0 atom stereocenters. The standard InChI is InChI=1S/C24H16ClFN2O2S/c25-20-9-5-16(6-10-20)15-31-23-19(13-18-3-1-2-4-22(18)28-23)14-27-30-24(29)17-7-11-21(26)12-8-17/h1-14H,15H2/b27-14-. The summed E-state index contributed by atoms with van der Waals surface area (Å²) in [6, 6.07) is 22.4. The van der Waals surface area contributed by atoms with E-state index in [1.54, 1.807) is 11.8 Å². The maximum atomic E-state index is 13.0. The van der Waals surface area contributed by atoms with Crippen LogP contribution in [0.4, 0.5) is 4.39 Å². The van der Waals surface area contributed by atoms with E-state index in [1.165, 1.54) is 30.5 Å². The molecule has 0 unspecified atom stereocenters. The molecule has 0 aliphatic rings. The summed E-state index contributed by atoms with van der Waals surface area (Å²) in [4.78, 5) is 21.8. The molecule has 0 saturated heterocycles. The van der Waals surface area contributed by atoms with E-state index in [2.05, 4.69) is 5.16 Å². The molecule has 0 spiro atoms. The minimum atomic E-state index is -0.666. The third kappa shape index (κ3) is 5.48. The van der Waals surface area contributed by atoms with Gasteiger partial charge >= 0.3 is 5.97 Å². The highest BCUT2D eigenvalue weighted by Gasteiger charge is 2.09. The predicted molar refractivity (Wildman–Crippen MR) is 122 cm³/mol. The van der Waals surface area contributed by atoms with E-state index >= 15 is 0 Å². The number of hydrogen-bond acceptors (Lipinski definition) is 5. The Labute approximate surface area is 187 Å². The van der Waals surface area contributed by atoms with Gasteiger partial charge in [-0.3, -0.25) is 0 Å². The number of halogens is 2. The van der Waals surface area contributed by atoms with Gasteiger partial charge in [-0.05, 0) is 54.1 Å². The minimum absolute atomic E-state index is 0.215. The topological polar surface area (TPSA) is 51.5 Å². The Hall–Kier alpha value is -3.22. The van der Waals surface area contributed by atoms with Crippen LogP contribution in [0.2, 0.25) is 5.02 Å². The van der Waals surface area contributed by atoms with Crippen LogP contribution in [-0.2, 0) is 10.6 Å². The molecule has 0 saturated carbocycles. The largest absolute Gasteiger partial charge is 0.365 e. The fourth-order valence-corrected chi connectivity index (χ4v) is 3.89. The molecule has 31 heavy (non-hydrogen) atoms. The van der Waals surface area contributed by atoms with Crippen molar-refractivity contribution in [1.82, 2.24) is 4.98 Å². The van der Waals surface area contributed by atoms with Gasteiger partial charge in [0.05, 0.1) is 17.3 Å². The van der Waals surface area contributed by atoms with Gasteiger partial charge in [0.15, 0.2) is 0 Å². The van der Waals surface area contributed by atoms with Crippen molar-refractivity contribution in [1.29, 1.82) is 0 Å². The molecule has 0 N–H and O–H groups in total. The van der Waals surface area contributed by atoms with E-state index < -0.39 is 11.8 Å². The molecular formula is C24H16ClFN2O2S. The monoisotopic (exact) mass is 450 g/mol. The number of thioether (sulfide) groups is 1. The maximum Gasteiger partial charge on any atom is 0.365 e. The van der Waals surface area contributed by atoms with Crippen LogP contribution in [0.5, 0.6) is 0 Å². The van der Waals surface area contributed by atoms with Crippen LogP contribution in [0.3, 0.4) is 0 Å². The van der Waals surface area contributed by atoms with Crippen molar-refractivity contribution in [2.24, 2.45) is 5.16 Å². The summed E-state index contributed by atoms with van der Waals surface area (Å²) in [5.41, 5.74) is 2.91. The van der Waals surface area contributed by atoms with Gasteiger partial charge in [-0.1, -0.05) is 47.1 Å². The Morgan fingerprint density at radius 1 is 1.06 bits per heavy atom. The van der Waals surface area contributed by atoms with E-state index in [0.29, 0.717) is 10.8 Å². The lowest BCUT2D eigenvalue weighted by molar-refractivity contribution is 0.0519. The Kier molecular flexibility index (Phi) is 6.60. The first-order chi connectivity index (χ1) is 15.1. The Balaban J connectivity index is 1.55. The van der Waals surface area contributed by atoms with Gasteiger partial charge in [-0.15, -0.1) is 11.8 Å². The second kappa shape index (κ2) is 9.73. The molecule has 3 aromatic carbocycles. The fraction of sp³-hybridized carbons (Fsp3) is 0.0417. The smallest absolute Gasteiger partial charge is 0.313 e. The second-order valence-corrected chi connectivity index (χ2v) is 8.01. The van der Waals surface area contributed by atoms with Crippen molar-refractivity contribution in [3.63, 3.8) is 0 Å². The molecule has 7 heteroatoms. The number of rotatable bonds is 6. The minimum Gasteiger partial charge on any atom is -0.313 e. The third-order valence-corrected chi connectivity index (χ3v) is 5.74. The number of aromatic nitrogens is 1. The summed E-state index contributed by atoms with van der Waals surface area (Å²) < 4.78 is 13.0. The maximum absolute atomic E-state index is 13.0. The van der Waals surface area contributed by atoms with Crippen LogP contribution in [0.1, 0.15) is 21.5 Å². The van der Waals surface area contributed by atoms with Gasteiger partial charge in [-0.2, -0.15) is 0 Å². The summed E-state index contributed by atoms with van der Waals surface area (Å²) >= 11 is 7.51. The van der Waals surface area contributed by atoms with Crippen LogP contribution < -0.4 is 0 Å². The number of fused-ring (bicyclic) bond motifs is 1. The molecule has 0 fully saturated rings. The lowest BCUT2D eigenvalue weighted by atomic mass is 10.2. The molecule has 1 aromatic heterocycles. The zero-order chi connectivity index (χ0) is 21.6. The van der Waals surface area contributed by atoms with E-state index in [-0.39, 0.29) is 5.56 Å². The van der Waals surface area contributed by atoms with Crippen LogP contribution in [0, 0.1) is 5.82 Å². The molecule has 0 aliphatic heterocycles. The summed E-state index contributed by atoms with van der Waals surface area (Å²) in [5, 5.41) is 6.23. The number of nitrogens with zero attached hydrogens (tertiary/aromatic N) is 2. The normalized spacial score (nSPS) is 11.2. The van der Waals surface area contributed by atoms with Crippen molar-refractivity contribution in [2.75, 3.05) is 0 Å². The number of pyridine rings is 1. The Morgan fingerprint density at radius 2 is 1.81 bits per heavy atom. The summed E-state index contributed by atoms with van der Waals surface area (Å²) in [5.74, 6) is -0.399. The average Bonchev–Trinajstić information content (AvgIpc) is 2.79. The number of para-hydroxylation sites is 1. The molecule has 0 radical (unpaired) electrons. The van der Waals surface area contributed by atoms with Gasteiger partial charge in [0, 0.05) is 21.7 Å². The molecule has 4 rings (SSSR count). The number of oxime groups is 1. The molecule has 0 amide bonds. The first kappa shape index (κ1) is 21.0. The second-order valence-electron chi connectivity index (χ2n) is 6.61. The first-order valence-corrected chi connectivity index (χ1v) is 10.7. The number of hydrogen-bond donors (Lipinski definition) is 0. The van der Waals surface area contributed by atoms with E-state index in [0.717, 1.165) is 27.1 Å². The lowest BCUT2D eigenvalue weighted by Gasteiger charge is -2.07. The molecule has 4 aromatic rings. The third-order valence-electron chi connectivity index (χ3n) is 4.41. The SMILES string of the molecule is O=C(O/N=C\c1cc2ccccc2nc1SCc1ccc(Cl)cc1)c1ccc(F)cc1. The van der Waals surface area contributed by atoms with Crippen molar-refractivity contribution in [3.8, 4) is 0 Å². The molecular weight excluding hydrogens is 435 g/mol. The van der Waals surface area contributed by atoms with Crippen LogP contribution in [0.25, 0.3) is 10.9 Å². The zero-order valence-electron chi connectivity index (χ0n) is 16.2. The van der Waals surface area contributed by atoms with E-state index in [9.17, 15) is 9.18 Å². The van der Waals surface area contributed by atoms with E-state index in [1.807, 2.05) is 54.6 Å². The fourth-order valence-electron chi connectivity index (χ4n) is 2.82. The first-order valence-electron chi connectivity index (χ1n) is 9.36. The van der Waals surface area contributed by atoms with Gasteiger partial charge in [0.1, 0.15) is 10.8 Å². The number of benzene rings is 3. The van der Waals surface area contributed by atoms with Crippen molar-refractivity contribution in [3.05, 3.63) is 106 Å². The molecule has 0 aliphatic carbocycles. The van der Waals surface area contributed by atoms with Crippen LogP contribution >= 0.6 is 23.4 Å². The molecule has 1 heterocycles. The highest BCUT2D eigenvalue weighted by molar-refractivity contribution is 7.98. The predicted octanol–water partition coefficient (Wildman–Crippen LogP) is 6.51. The average molecular weight is 451 g/mol. The molecule has 154 valence electrons. The highest BCUT2D eigenvalue weighted by atomic mass is 35.5. The summed E-state index contributed by atoms with van der Waals surface area (Å²) in [6.07, 6.45) is 1.46. The van der Waals surface area contributed by atoms with Gasteiger partial charge in [-0.25, -0.2) is 14.2 Å². The quantitative estimate of drug-likeness (QED) is 0.145. The molecule has 4 nitrogen and oxygen atoms in total. The Morgan fingerprint density at radius 3 is 2.58 bits per heavy atom. The van der Waals surface area contributed by atoms with Crippen molar-refractivity contribution in [2.45, 2.75) is 10.8 Å². The number of carbonyl (C=O) groups excluding carboxylic acids is 1. The van der Waals surface area contributed by atoms with Crippen molar-refractivity contribution < 1.29 is 14.0 Å². The van der Waals surface area contributed by atoms with Gasteiger partial charge < -0.3 is 4.84 Å². The Bertz CT molecular complexity index is 1240. The number of carbonyl (C=O) groups is 1. The summed E-state index contributed by atoms with van der Waals surface area (Å²) in [6.45, 7) is 0. The van der Waals surface area contributed by atoms with Gasteiger partial charge in [0.25, 0.3) is 0 Å². The molecule has 0 bridgehead atoms. The summed E-state index contributed by atoms with van der Waals surface area (Å²) in [7, 11) is 0. The van der Waals surface area contributed by atoms with E-state index in [4.69, 9.17) is 21.4 Å². The zero-order valence-corrected chi connectivity index (χ0v) is 17.7. The van der Waals surface area contributed by atoms with Crippen molar-refractivity contribution >= 4 is 46.4 Å². The lowest BCUT2D eigenvalue weighted by Crippen LogP contribution is -2.01. The van der Waals surface area contributed by atoms with Crippen LogP contribution in [0.15, 0.2) is 89.0 Å². The van der Waals surface area contributed by atoms with Gasteiger partial charge in [0.2, 0.25) is 0 Å².